The summed E-state index contributed by atoms with van der Waals surface area (Å²) in [6.07, 6.45) is 0.846. The first-order valence-electron chi connectivity index (χ1n) is 8.02. The zero-order chi connectivity index (χ0) is 18.4. The molecule has 0 saturated heterocycles. The van der Waals surface area contributed by atoms with Gasteiger partial charge in [0.2, 0.25) is 0 Å². The molecule has 0 fully saturated rings. The van der Waals surface area contributed by atoms with Crippen LogP contribution in [0.2, 0.25) is 0 Å². The van der Waals surface area contributed by atoms with E-state index in [4.69, 9.17) is 0 Å². The van der Waals surface area contributed by atoms with Crippen molar-refractivity contribution >= 4 is 17.5 Å². The Hall–Kier alpha value is -2.76. The van der Waals surface area contributed by atoms with Gasteiger partial charge in [-0.05, 0) is 42.7 Å². The number of carbonyl (C=O) groups is 2. The van der Waals surface area contributed by atoms with Crippen LogP contribution < -0.4 is 10.6 Å². The number of anilines is 1. The third-order valence-corrected chi connectivity index (χ3v) is 3.60. The van der Waals surface area contributed by atoms with Gasteiger partial charge in [0, 0.05) is 17.7 Å². The van der Waals surface area contributed by atoms with Crippen molar-refractivity contribution in [1.82, 2.24) is 5.32 Å². The average Bonchev–Trinajstić information content (AvgIpc) is 2.58. The number of nitrogens with one attached hydrogen (secondary N) is 2. The molecule has 2 aromatic rings. The highest BCUT2D eigenvalue weighted by Gasteiger charge is 2.15. The molecule has 0 heterocycles. The second kappa shape index (κ2) is 8.37. The number of hydrogen-bond donors (Lipinski definition) is 2. The maximum atomic E-state index is 13.6. The van der Waals surface area contributed by atoms with Crippen LogP contribution in [0.15, 0.2) is 42.5 Å². The number of carbonyl (C=O) groups excluding carboxylic acids is 2. The van der Waals surface area contributed by atoms with Crippen molar-refractivity contribution in [2.45, 2.75) is 20.3 Å². The van der Waals surface area contributed by atoms with E-state index in [1.165, 1.54) is 18.2 Å². The van der Waals surface area contributed by atoms with Crippen LogP contribution >= 0.6 is 0 Å². The van der Waals surface area contributed by atoms with Gasteiger partial charge in [0.25, 0.3) is 11.8 Å². The summed E-state index contributed by atoms with van der Waals surface area (Å²) in [7, 11) is 0. The van der Waals surface area contributed by atoms with Gasteiger partial charge in [-0.25, -0.2) is 8.78 Å². The molecule has 0 aliphatic heterocycles. The normalized spacial score (nSPS) is 10.6. The molecular weight excluding hydrogens is 326 g/mol. The molecule has 0 saturated carbocycles. The molecule has 0 unspecified atom stereocenters. The minimum absolute atomic E-state index is 0.138. The standard InChI is InChI=1S/C19H20F2N2O2/c1-12(2)9-10-22-18(24)13-5-3-6-14(11-13)19(25)23-17-15(20)7-4-8-16(17)21/h3-8,11-12H,9-10H2,1-2H3,(H,22,24)(H,23,25). The fourth-order valence-electron chi connectivity index (χ4n) is 2.18. The van der Waals surface area contributed by atoms with Gasteiger partial charge < -0.3 is 10.6 Å². The zero-order valence-corrected chi connectivity index (χ0v) is 14.1. The summed E-state index contributed by atoms with van der Waals surface area (Å²) in [5, 5.41) is 4.97. The molecule has 0 aromatic heterocycles. The van der Waals surface area contributed by atoms with Gasteiger partial charge in [-0.2, -0.15) is 0 Å². The monoisotopic (exact) mass is 346 g/mol. The first-order valence-corrected chi connectivity index (χ1v) is 8.02. The summed E-state index contributed by atoms with van der Waals surface area (Å²) in [6, 6.07) is 9.30. The topological polar surface area (TPSA) is 58.2 Å². The van der Waals surface area contributed by atoms with E-state index in [1.807, 2.05) is 0 Å². The number of rotatable bonds is 6. The molecule has 6 heteroatoms. The zero-order valence-electron chi connectivity index (χ0n) is 14.1. The maximum absolute atomic E-state index is 13.6. The van der Waals surface area contributed by atoms with E-state index in [0.717, 1.165) is 18.6 Å². The van der Waals surface area contributed by atoms with Crippen LogP contribution in [0.3, 0.4) is 0 Å². The summed E-state index contributed by atoms with van der Waals surface area (Å²) >= 11 is 0. The van der Waals surface area contributed by atoms with Crippen LogP contribution in [0.25, 0.3) is 0 Å². The highest BCUT2D eigenvalue weighted by Crippen LogP contribution is 2.19. The highest BCUT2D eigenvalue weighted by atomic mass is 19.1. The van der Waals surface area contributed by atoms with Crippen molar-refractivity contribution in [3.05, 3.63) is 65.2 Å². The van der Waals surface area contributed by atoms with Crippen molar-refractivity contribution < 1.29 is 18.4 Å². The summed E-state index contributed by atoms with van der Waals surface area (Å²) in [5.74, 6) is -2.26. The smallest absolute Gasteiger partial charge is 0.255 e. The Morgan fingerprint density at radius 3 is 2.12 bits per heavy atom. The van der Waals surface area contributed by atoms with Gasteiger partial charge in [-0.15, -0.1) is 0 Å². The Kier molecular flexibility index (Phi) is 6.22. The van der Waals surface area contributed by atoms with Gasteiger partial charge >= 0.3 is 0 Å². The number of halogens is 2. The van der Waals surface area contributed by atoms with Crippen LogP contribution in [-0.2, 0) is 0 Å². The van der Waals surface area contributed by atoms with Crippen LogP contribution in [0, 0.1) is 17.6 Å². The van der Waals surface area contributed by atoms with E-state index in [9.17, 15) is 18.4 Å². The second-order valence-electron chi connectivity index (χ2n) is 6.07. The van der Waals surface area contributed by atoms with Crippen molar-refractivity contribution in [3.63, 3.8) is 0 Å². The summed E-state index contributed by atoms with van der Waals surface area (Å²) in [6.45, 7) is 4.64. The second-order valence-corrected chi connectivity index (χ2v) is 6.07. The van der Waals surface area contributed by atoms with Crippen LogP contribution in [0.1, 0.15) is 41.0 Å². The van der Waals surface area contributed by atoms with Gasteiger partial charge in [-0.1, -0.05) is 26.0 Å². The third-order valence-electron chi connectivity index (χ3n) is 3.60. The molecule has 0 aliphatic rings. The van der Waals surface area contributed by atoms with Gasteiger partial charge in [0.05, 0.1) is 0 Å². The van der Waals surface area contributed by atoms with Gasteiger partial charge in [-0.3, -0.25) is 9.59 Å². The minimum atomic E-state index is -0.865. The highest BCUT2D eigenvalue weighted by molar-refractivity contribution is 6.06. The molecule has 0 atom stereocenters. The molecule has 0 bridgehead atoms. The molecule has 2 rings (SSSR count). The van der Waals surface area contributed by atoms with E-state index in [1.54, 1.807) is 12.1 Å². The lowest BCUT2D eigenvalue weighted by atomic mass is 10.1. The summed E-state index contributed by atoms with van der Waals surface area (Å²) < 4.78 is 27.2. The number of hydrogen-bond acceptors (Lipinski definition) is 2. The van der Waals surface area contributed by atoms with Crippen LogP contribution in [-0.4, -0.2) is 18.4 Å². The van der Waals surface area contributed by atoms with Crippen LogP contribution in [0.4, 0.5) is 14.5 Å². The first kappa shape index (κ1) is 18.6. The fraction of sp³-hybridized carbons (Fsp3) is 0.263. The number of benzene rings is 2. The Labute approximate surface area is 145 Å². The van der Waals surface area contributed by atoms with Crippen molar-refractivity contribution in [2.24, 2.45) is 5.92 Å². The number of para-hydroxylation sites is 1. The predicted molar refractivity (Wildman–Crippen MR) is 92.5 cm³/mol. The minimum Gasteiger partial charge on any atom is -0.352 e. The molecule has 132 valence electrons. The summed E-state index contributed by atoms with van der Waals surface area (Å²) in [5.41, 5.74) is -0.0659. The third kappa shape index (κ3) is 5.11. The van der Waals surface area contributed by atoms with Crippen molar-refractivity contribution in [2.75, 3.05) is 11.9 Å². The Morgan fingerprint density at radius 2 is 1.52 bits per heavy atom. The average molecular weight is 346 g/mol. The van der Waals surface area contributed by atoms with Crippen molar-refractivity contribution in [3.8, 4) is 0 Å². The van der Waals surface area contributed by atoms with E-state index >= 15 is 0 Å². The largest absolute Gasteiger partial charge is 0.352 e. The van der Waals surface area contributed by atoms with E-state index in [0.29, 0.717) is 18.0 Å². The van der Waals surface area contributed by atoms with E-state index in [-0.39, 0.29) is 11.5 Å². The lowest BCUT2D eigenvalue weighted by molar-refractivity contribution is 0.0952. The SMILES string of the molecule is CC(C)CCNC(=O)c1cccc(C(=O)Nc2c(F)cccc2F)c1. The maximum Gasteiger partial charge on any atom is 0.255 e. The molecule has 2 amide bonds. The Morgan fingerprint density at radius 1 is 0.960 bits per heavy atom. The lowest BCUT2D eigenvalue weighted by Gasteiger charge is -2.10. The summed E-state index contributed by atoms with van der Waals surface area (Å²) in [4.78, 5) is 24.3. The van der Waals surface area contributed by atoms with E-state index in [2.05, 4.69) is 24.5 Å². The van der Waals surface area contributed by atoms with Crippen LogP contribution in [0.5, 0.6) is 0 Å². The molecule has 0 aliphatic carbocycles. The van der Waals surface area contributed by atoms with Gasteiger partial charge in [0.1, 0.15) is 17.3 Å². The van der Waals surface area contributed by atoms with Gasteiger partial charge in [0.15, 0.2) is 0 Å². The molecule has 2 aromatic carbocycles. The Bertz CT molecular complexity index is 756. The molecular formula is C19H20F2N2O2. The molecule has 25 heavy (non-hydrogen) atoms. The van der Waals surface area contributed by atoms with E-state index < -0.39 is 23.2 Å². The predicted octanol–water partition coefficient (Wildman–Crippen LogP) is 3.99. The molecule has 4 nitrogen and oxygen atoms in total. The quantitative estimate of drug-likeness (QED) is 0.831. The Balaban J connectivity index is 2.10. The fourth-order valence-corrected chi connectivity index (χ4v) is 2.18. The lowest BCUT2D eigenvalue weighted by Crippen LogP contribution is -2.25. The van der Waals surface area contributed by atoms with Crippen molar-refractivity contribution in [1.29, 1.82) is 0 Å². The first-order chi connectivity index (χ1) is 11.9. The molecule has 0 radical (unpaired) electrons. The molecule has 2 N–H and O–H groups in total. The molecule has 0 spiro atoms. The number of amides is 2.